The Bertz CT molecular complexity index is 759. The number of imidazole rings is 1. The van der Waals surface area contributed by atoms with E-state index in [-0.39, 0.29) is 17.2 Å². The van der Waals surface area contributed by atoms with Gasteiger partial charge in [-0.05, 0) is 42.9 Å². The maximum absolute atomic E-state index is 12.9. The number of carbonyl (C=O) groups is 1. The van der Waals surface area contributed by atoms with E-state index in [0.717, 1.165) is 44.5 Å². The van der Waals surface area contributed by atoms with Crippen molar-refractivity contribution >= 4 is 5.91 Å². The van der Waals surface area contributed by atoms with Gasteiger partial charge in [-0.2, -0.15) is 0 Å². The molecular weight excluding hydrogens is 326 g/mol. The zero-order valence-electron chi connectivity index (χ0n) is 15.4. The van der Waals surface area contributed by atoms with Gasteiger partial charge < -0.3 is 9.88 Å². The van der Waals surface area contributed by atoms with E-state index in [9.17, 15) is 4.79 Å². The minimum Gasteiger partial charge on any atom is -0.352 e. The number of amides is 1. The van der Waals surface area contributed by atoms with Crippen LogP contribution in [-0.2, 0) is 24.9 Å². The molecule has 1 saturated heterocycles. The molecule has 6 nitrogen and oxygen atoms in total. The molecule has 1 saturated carbocycles. The average molecular weight is 353 g/mol. The van der Waals surface area contributed by atoms with E-state index in [4.69, 9.17) is 0 Å². The summed E-state index contributed by atoms with van der Waals surface area (Å²) in [7, 11) is 2.04. The van der Waals surface area contributed by atoms with Gasteiger partial charge >= 0.3 is 0 Å². The number of hydrogen-bond acceptors (Lipinski definition) is 4. The molecule has 1 N–H and O–H groups in total. The number of pyridine rings is 1. The molecule has 2 aliphatic rings. The average Bonchev–Trinajstić information content (AvgIpc) is 3.37. The number of nitrogens with zero attached hydrogens (tertiary/aromatic N) is 4. The molecule has 1 aliphatic carbocycles. The van der Waals surface area contributed by atoms with Crippen LogP contribution in [0.3, 0.4) is 0 Å². The molecule has 0 aromatic carbocycles. The summed E-state index contributed by atoms with van der Waals surface area (Å²) < 4.78 is 2.08. The van der Waals surface area contributed by atoms with Gasteiger partial charge in [-0.25, -0.2) is 4.98 Å². The summed E-state index contributed by atoms with van der Waals surface area (Å²) in [4.78, 5) is 23.7. The monoisotopic (exact) mass is 353 g/mol. The van der Waals surface area contributed by atoms with Crippen LogP contribution in [0.1, 0.15) is 36.9 Å². The van der Waals surface area contributed by atoms with E-state index >= 15 is 0 Å². The lowest BCUT2D eigenvalue weighted by molar-refractivity contribution is -0.128. The summed E-state index contributed by atoms with van der Waals surface area (Å²) in [5.74, 6) is 0.351. The Balaban J connectivity index is 1.38. The van der Waals surface area contributed by atoms with Gasteiger partial charge in [0.15, 0.2) is 0 Å². The van der Waals surface area contributed by atoms with Crippen LogP contribution in [-0.4, -0.2) is 38.4 Å². The first kappa shape index (κ1) is 17.2. The molecule has 2 atom stereocenters. The molecule has 2 aromatic rings. The summed E-state index contributed by atoms with van der Waals surface area (Å²) in [6.45, 7) is 3.57. The highest BCUT2D eigenvalue weighted by Gasteiger charge is 2.50. The van der Waals surface area contributed by atoms with Crippen molar-refractivity contribution < 1.29 is 4.79 Å². The van der Waals surface area contributed by atoms with E-state index in [2.05, 4.69) is 24.8 Å². The topological polar surface area (TPSA) is 63.1 Å². The maximum atomic E-state index is 12.9. The molecule has 138 valence electrons. The van der Waals surface area contributed by atoms with E-state index in [1.807, 2.05) is 37.9 Å². The molecule has 26 heavy (non-hydrogen) atoms. The van der Waals surface area contributed by atoms with E-state index in [0.29, 0.717) is 6.54 Å². The number of aryl methyl sites for hydroxylation is 1. The van der Waals surface area contributed by atoms with Gasteiger partial charge in [0.1, 0.15) is 0 Å². The van der Waals surface area contributed by atoms with E-state index in [1.165, 1.54) is 12.1 Å². The molecule has 0 unspecified atom stereocenters. The minimum atomic E-state index is 0.135. The predicted octanol–water partition coefficient (Wildman–Crippen LogP) is 2.12. The smallest absolute Gasteiger partial charge is 0.223 e. The first-order chi connectivity index (χ1) is 12.7. The van der Waals surface area contributed by atoms with Crippen LogP contribution in [0.4, 0.5) is 0 Å². The summed E-state index contributed by atoms with van der Waals surface area (Å²) >= 11 is 0. The Hall–Kier alpha value is -2.21. The number of hydrogen-bond donors (Lipinski definition) is 1. The van der Waals surface area contributed by atoms with Crippen molar-refractivity contribution in [2.75, 3.05) is 13.1 Å². The van der Waals surface area contributed by atoms with Crippen molar-refractivity contribution in [3.8, 4) is 0 Å². The van der Waals surface area contributed by atoms with Crippen molar-refractivity contribution in [2.45, 2.75) is 38.8 Å². The highest BCUT2D eigenvalue weighted by atomic mass is 16.1. The molecule has 0 radical (unpaired) electrons. The van der Waals surface area contributed by atoms with E-state index in [1.54, 1.807) is 6.20 Å². The van der Waals surface area contributed by atoms with Gasteiger partial charge in [0.05, 0.1) is 12.0 Å². The number of rotatable bonds is 5. The van der Waals surface area contributed by atoms with Crippen molar-refractivity contribution in [1.29, 1.82) is 0 Å². The number of carbonyl (C=O) groups excluding carboxylic acids is 1. The lowest BCUT2D eigenvalue weighted by atomic mass is 9.76. The lowest BCUT2D eigenvalue weighted by Crippen LogP contribution is -2.40. The highest BCUT2D eigenvalue weighted by Crippen LogP contribution is 2.50. The van der Waals surface area contributed by atoms with Crippen molar-refractivity contribution in [1.82, 2.24) is 24.8 Å². The first-order valence-electron chi connectivity index (χ1n) is 9.50. The molecule has 1 aliphatic heterocycles. The summed E-state index contributed by atoms with van der Waals surface area (Å²) in [5, 5.41) is 3.15. The lowest BCUT2D eigenvalue weighted by Gasteiger charge is -2.30. The Morgan fingerprint density at radius 1 is 1.35 bits per heavy atom. The zero-order valence-corrected chi connectivity index (χ0v) is 15.4. The normalized spacial score (nSPS) is 25.8. The third-order valence-electron chi connectivity index (χ3n) is 6.18. The zero-order chi connectivity index (χ0) is 18.0. The van der Waals surface area contributed by atoms with Gasteiger partial charge in [-0.3, -0.25) is 14.7 Å². The Labute approximate surface area is 154 Å². The molecule has 0 bridgehead atoms. The fraction of sp³-hybridized carbons (Fsp3) is 0.550. The second-order valence-corrected chi connectivity index (χ2v) is 7.84. The molecular formula is C20H27N5O. The first-order valence-corrected chi connectivity index (χ1v) is 9.50. The molecule has 1 amide bonds. The van der Waals surface area contributed by atoms with Gasteiger partial charge in [-0.1, -0.05) is 12.5 Å². The maximum Gasteiger partial charge on any atom is 0.223 e. The fourth-order valence-corrected chi connectivity index (χ4v) is 4.74. The largest absolute Gasteiger partial charge is 0.352 e. The van der Waals surface area contributed by atoms with Crippen molar-refractivity contribution in [2.24, 2.45) is 18.4 Å². The standard InChI is InChI=1S/C20H27N5O/c1-24-15-22-12-17(24)13-25-9-7-20(14-25)6-2-5-18(20)19(26)23-11-16-4-3-8-21-10-16/h3-4,8,10,12,15,18H,2,5-7,9,11,13-14H2,1H3,(H,23,26)/t18-,20+/m1/s1. The van der Waals surface area contributed by atoms with Crippen LogP contribution in [0.25, 0.3) is 0 Å². The Morgan fingerprint density at radius 2 is 2.27 bits per heavy atom. The second kappa shape index (κ2) is 7.19. The minimum absolute atomic E-state index is 0.135. The van der Waals surface area contributed by atoms with Crippen LogP contribution in [0, 0.1) is 11.3 Å². The predicted molar refractivity (Wildman–Crippen MR) is 99.0 cm³/mol. The third kappa shape index (κ3) is 3.38. The van der Waals surface area contributed by atoms with Crippen molar-refractivity contribution in [3.63, 3.8) is 0 Å². The van der Waals surface area contributed by atoms with Crippen LogP contribution >= 0.6 is 0 Å². The molecule has 3 heterocycles. The summed E-state index contributed by atoms with van der Waals surface area (Å²) in [6.07, 6.45) is 11.8. The number of nitrogens with one attached hydrogen (secondary N) is 1. The Kier molecular flexibility index (Phi) is 4.76. The van der Waals surface area contributed by atoms with Crippen molar-refractivity contribution in [3.05, 3.63) is 48.3 Å². The molecule has 6 heteroatoms. The van der Waals surface area contributed by atoms with Gasteiger partial charge in [0, 0.05) is 51.2 Å². The van der Waals surface area contributed by atoms with Crippen LogP contribution in [0.2, 0.25) is 0 Å². The molecule has 4 rings (SSSR count). The van der Waals surface area contributed by atoms with Crippen LogP contribution < -0.4 is 5.32 Å². The van der Waals surface area contributed by atoms with Crippen LogP contribution in [0.15, 0.2) is 37.1 Å². The highest BCUT2D eigenvalue weighted by molar-refractivity contribution is 5.80. The Morgan fingerprint density at radius 3 is 3.04 bits per heavy atom. The summed E-state index contributed by atoms with van der Waals surface area (Å²) in [6, 6.07) is 3.91. The van der Waals surface area contributed by atoms with Gasteiger partial charge in [0.2, 0.25) is 5.91 Å². The number of aromatic nitrogens is 3. The van der Waals surface area contributed by atoms with Crippen LogP contribution in [0.5, 0.6) is 0 Å². The van der Waals surface area contributed by atoms with Gasteiger partial charge in [-0.15, -0.1) is 0 Å². The van der Waals surface area contributed by atoms with E-state index < -0.39 is 0 Å². The molecule has 2 aromatic heterocycles. The molecule has 1 spiro atoms. The number of likely N-dealkylation sites (tertiary alicyclic amines) is 1. The third-order valence-corrected chi connectivity index (χ3v) is 6.18. The molecule has 2 fully saturated rings. The quantitative estimate of drug-likeness (QED) is 0.894. The second-order valence-electron chi connectivity index (χ2n) is 7.84. The summed E-state index contributed by atoms with van der Waals surface area (Å²) in [5.41, 5.74) is 2.44. The SMILES string of the molecule is Cn1cncc1CN1CC[C@@]2(CCC[C@@H]2C(=O)NCc2cccnc2)C1. The van der Waals surface area contributed by atoms with Gasteiger partial charge in [0.25, 0.3) is 0 Å². The fourth-order valence-electron chi connectivity index (χ4n) is 4.74.